The molecule has 0 aliphatic heterocycles. The smallest absolute Gasteiger partial charge is 0.169 e. The third kappa shape index (κ3) is 1.41. The number of carbonyl (C=O) groups excluding carboxylic acids is 1. The molecule has 2 atom stereocenters. The summed E-state index contributed by atoms with van der Waals surface area (Å²) in [5.41, 5.74) is 1.74. The van der Waals surface area contributed by atoms with Gasteiger partial charge in [-0.2, -0.15) is 0 Å². The number of aryl methyl sites for hydroxylation is 1. The van der Waals surface area contributed by atoms with Crippen molar-refractivity contribution in [2.24, 2.45) is 11.8 Å². The number of hydrogen-bond donors (Lipinski definition) is 0. The molecule has 1 heterocycles. The van der Waals surface area contributed by atoms with Gasteiger partial charge in [-0.15, -0.1) is 0 Å². The van der Waals surface area contributed by atoms with Gasteiger partial charge in [0.05, 0.1) is 11.8 Å². The first-order chi connectivity index (χ1) is 6.24. The van der Waals surface area contributed by atoms with Crippen molar-refractivity contribution in [3.63, 3.8) is 0 Å². The van der Waals surface area contributed by atoms with Crippen LogP contribution < -0.4 is 0 Å². The molecule has 2 rings (SSSR count). The van der Waals surface area contributed by atoms with Gasteiger partial charge in [0.2, 0.25) is 0 Å². The summed E-state index contributed by atoms with van der Waals surface area (Å²) in [7, 11) is 0. The van der Waals surface area contributed by atoms with Gasteiger partial charge < -0.3 is 4.42 Å². The first kappa shape index (κ1) is 8.54. The molecule has 0 saturated heterocycles. The summed E-state index contributed by atoms with van der Waals surface area (Å²) in [6.07, 6.45) is 5.40. The van der Waals surface area contributed by atoms with Crippen molar-refractivity contribution in [1.82, 2.24) is 0 Å². The van der Waals surface area contributed by atoms with Gasteiger partial charge in [0.1, 0.15) is 6.26 Å². The van der Waals surface area contributed by atoms with E-state index in [1.165, 1.54) is 0 Å². The summed E-state index contributed by atoms with van der Waals surface area (Å²) in [5.74, 6) is 1.18. The molecule has 70 valence electrons. The van der Waals surface area contributed by atoms with E-state index >= 15 is 0 Å². The van der Waals surface area contributed by atoms with Crippen molar-refractivity contribution in [3.8, 4) is 0 Å². The Bertz CT molecular complexity index is 325. The Hall–Kier alpha value is -1.05. The first-order valence-corrected chi connectivity index (χ1v) is 4.81. The molecule has 2 heteroatoms. The van der Waals surface area contributed by atoms with E-state index in [4.69, 9.17) is 4.42 Å². The third-order valence-electron chi connectivity index (χ3n) is 2.90. The van der Waals surface area contributed by atoms with Gasteiger partial charge in [0.15, 0.2) is 5.78 Å². The standard InChI is InChI=1S/C11H14O2/c1-3-8-4-9(8)11(12)10-6-13-5-7(10)2/h5-6,8-9H,3-4H2,1-2H3. The van der Waals surface area contributed by atoms with Crippen molar-refractivity contribution < 1.29 is 9.21 Å². The minimum absolute atomic E-state index is 0.276. The Kier molecular flexibility index (Phi) is 1.98. The Labute approximate surface area is 77.9 Å². The maximum absolute atomic E-state index is 11.8. The van der Waals surface area contributed by atoms with Gasteiger partial charge in [0.25, 0.3) is 0 Å². The van der Waals surface area contributed by atoms with Gasteiger partial charge in [-0.25, -0.2) is 0 Å². The average molecular weight is 178 g/mol. The molecule has 0 spiro atoms. The third-order valence-corrected chi connectivity index (χ3v) is 2.90. The molecule has 1 aromatic heterocycles. The summed E-state index contributed by atoms with van der Waals surface area (Å²) >= 11 is 0. The molecule has 0 bridgehead atoms. The maximum Gasteiger partial charge on any atom is 0.169 e. The minimum atomic E-state index is 0.276. The lowest BCUT2D eigenvalue weighted by Gasteiger charge is -1.95. The Morgan fingerprint density at radius 1 is 1.62 bits per heavy atom. The molecule has 1 fully saturated rings. The average Bonchev–Trinajstić information content (AvgIpc) is 2.80. The second-order valence-electron chi connectivity index (χ2n) is 3.84. The zero-order valence-electron chi connectivity index (χ0n) is 8.04. The summed E-state index contributed by atoms with van der Waals surface area (Å²) < 4.78 is 4.99. The van der Waals surface area contributed by atoms with Crippen LogP contribution in [0.2, 0.25) is 0 Å². The van der Waals surface area contributed by atoms with Gasteiger partial charge in [0, 0.05) is 5.92 Å². The molecule has 0 aromatic carbocycles. The summed E-state index contributed by atoms with van der Waals surface area (Å²) in [5, 5.41) is 0. The highest BCUT2D eigenvalue weighted by Crippen LogP contribution is 2.43. The van der Waals surface area contributed by atoms with Crippen LogP contribution in [0.25, 0.3) is 0 Å². The molecular formula is C11H14O2. The zero-order chi connectivity index (χ0) is 9.42. The lowest BCUT2D eigenvalue weighted by atomic mass is 10.1. The summed E-state index contributed by atoms with van der Waals surface area (Å²) in [4.78, 5) is 11.8. The van der Waals surface area contributed by atoms with Gasteiger partial charge in [-0.3, -0.25) is 4.79 Å². The largest absolute Gasteiger partial charge is 0.472 e. The summed E-state index contributed by atoms with van der Waals surface area (Å²) in [6.45, 7) is 4.06. The Morgan fingerprint density at radius 3 is 2.85 bits per heavy atom. The van der Waals surface area contributed by atoms with Crippen LogP contribution in [0, 0.1) is 18.8 Å². The van der Waals surface area contributed by atoms with Crippen LogP contribution in [0.4, 0.5) is 0 Å². The fourth-order valence-corrected chi connectivity index (χ4v) is 1.83. The highest BCUT2D eigenvalue weighted by molar-refractivity contribution is 6.00. The first-order valence-electron chi connectivity index (χ1n) is 4.81. The van der Waals surface area contributed by atoms with Crippen molar-refractivity contribution in [3.05, 3.63) is 23.7 Å². The number of carbonyl (C=O) groups is 1. The number of Topliss-reactive ketones (excluding diaryl/α,β-unsaturated/α-hetero) is 1. The molecule has 1 saturated carbocycles. The number of rotatable bonds is 3. The molecular weight excluding hydrogens is 164 g/mol. The fourth-order valence-electron chi connectivity index (χ4n) is 1.83. The fraction of sp³-hybridized carbons (Fsp3) is 0.545. The van der Waals surface area contributed by atoms with E-state index in [9.17, 15) is 4.79 Å². The topological polar surface area (TPSA) is 30.2 Å². The lowest BCUT2D eigenvalue weighted by molar-refractivity contribution is 0.0959. The molecule has 2 unspecified atom stereocenters. The van der Waals surface area contributed by atoms with E-state index in [2.05, 4.69) is 6.92 Å². The van der Waals surface area contributed by atoms with Crippen LogP contribution in [0.15, 0.2) is 16.9 Å². The Morgan fingerprint density at radius 2 is 2.38 bits per heavy atom. The van der Waals surface area contributed by atoms with Crippen molar-refractivity contribution in [2.75, 3.05) is 0 Å². The molecule has 1 aliphatic rings. The van der Waals surface area contributed by atoms with Crippen LogP contribution >= 0.6 is 0 Å². The minimum Gasteiger partial charge on any atom is -0.472 e. The van der Waals surface area contributed by atoms with E-state index in [1.807, 2.05) is 6.92 Å². The van der Waals surface area contributed by atoms with E-state index < -0.39 is 0 Å². The maximum atomic E-state index is 11.8. The summed E-state index contributed by atoms with van der Waals surface area (Å²) in [6, 6.07) is 0. The normalized spacial score (nSPS) is 26.0. The molecule has 2 nitrogen and oxygen atoms in total. The lowest BCUT2D eigenvalue weighted by Crippen LogP contribution is -2.03. The molecule has 0 amide bonds. The molecule has 1 aliphatic carbocycles. The van der Waals surface area contributed by atoms with Gasteiger partial charge >= 0.3 is 0 Å². The van der Waals surface area contributed by atoms with E-state index in [0.29, 0.717) is 5.92 Å². The number of ketones is 1. The van der Waals surface area contributed by atoms with Crippen LogP contribution in [-0.2, 0) is 0 Å². The van der Waals surface area contributed by atoms with Crippen LogP contribution in [-0.4, -0.2) is 5.78 Å². The predicted octanol–water partition coefficient (Wildman–Crippen LogP) is 2.82. The molecule has 13 heavy (non-hydrogen) atoms. The van der Waals surface area contributed by atoms with E-state index in [1.54, 1.807) is 12.5 Å². The zero-order valence-corrected chi connectivity index (χ0v) is 8.04. The van der Waals surface area contributed by atoms with Gasteiger partial charge in [-0.05, 0) is 24.8 Å². The van der Waals surface area contributed by atoms with Crippen molar-refractivity contribution >= 4 is 5.78 Å². The van der Waals surface area contributed by atoms with Crippen LogP contribution in [0.5, 0.6) is 0 Å². The molecule has 1 aromatic rings. The number of furan rings is 1. The second-order valence-corrected chi connectivity index (χ2v) is 3.84. The molecule has 0 N–H and O–H groups in total. The monoisotopic (exact) mass is 178 g/mol. The number of hydrogen-bond acceptors (Lipinski definition) is 2. The van der Waals surface area contributed by atoms with Gasteiger partial charge in [-0.1, -0.05) is 13.3 Å². The van der Waals surface area contributed by atoms with Crippen molar-refractivity contribution in [2.45, 2.75) is 26.7 Å². The van der Waals surface area contributed by atoms with Crippen molar-refractivity contribution in [1.29, 1.82) is 0 Å². The highest BCUT2D eigenvalue weighted by atomic mass is 16.3. The predicted molar refractivity (Wildman–Crippen MR) is 49.7 cm³/mol. The quantitative estimate of drug-likeness (QED) is 0.666. The van der Waals surface area contributed by atoms with E-state index in [0.717, 1.165) is 24.0 Å². The van der Waals surface area contributed by atoms with Crippen LogP contribution in [0.3, 0.4) is 0 Å². The highest BCUT2D eigenvalue weighted by Gasteiger charge is 2.42. The Balaban J connectivity index is 2.11. The SMILES string of the molecule is CCC1CC1C(=O)c1cocc1C. The molecule has 0 radical (unpaired) electrons. The van der Waals surface area contributed by atoms with Crippen LogP contribution in [0.1, 0.15) is 35.7 Å². The van der Waals surface area contributed by atoms with E-state index in [-0.39, 0.29) is 11.7 Å². The second kappa shape index (κ2) is 3.02.